The van der Waals surface area contributed by atoms with Crippen molar-refractivity contribution in [2.45, 2.75) is 18.7 Å². The number of carbonyl (C=O) groups is 1. The van der Waals surface area contributed by atoms with E-state index in [1.807, 2.05) is 67.6 Å². The standard InChI is InChI=1S/C19H19N3OS/c1-3-24-17-12-8-7-11-16(17)19(23)20-18-13-14(2)21-22(18)15-9-5-4-6-10-15/h4-13H,3H2,1-2H3,(H,20,23). The van der Waals surface area contributed by atoms with Crippen LogP contribution in [0.2, 0.25) is 0 Å². The lowest BCUT2D eigenvalue weighted by atomic mass is 10.2. The van der Waals surface area contributed by atoms with Crippen LogP contribution in [0.1, 0.15) is 23.0 Å². The van der Waals surface area contributed by atoms with Crippen molar-refractivity contribution in [1.82, 2.24) is 9.78 Å². The summed E-state index contributed by atoms with van der Waals surface area (Å²) in [6.07, 6.45) is 0. The number of aromatic nitrogens is 2. The third-order valence-corrected chi connectivity index (χ3v) is 4.46. The minimum atomic E-state index is -0.122. The van der Waals surface area contributed by atoms with Crippen LogP contribution in [0.4, 0.5) is 5.82 Å². The van der Waals surface area contributed by atoms with Gasteiger partial charge in [-0.2, -0.15) is 5.10 Å². The molecule has 1 amide bonds. The number of para-hydroxylation sites is 1. The highest BCUT2D eigenvalue weighted by molar-refractivity contribution is 7.99. The van der Waals surface area contributed by atoms with Crippen molar-refractivity contribution >= 4 is 23.5 Å². The Bertz CT molecular complexity index is 843. The smallest absolute Gasteiger partial charge is 0.257 e. The first kappa shape index (κ1) is 16.3. The highest BCUT2D eigenvalue weighted by Crippen LogP contribution is 2.24. The fourth-order valence-electron chi connectivity index (χ4n) is 2.47. The van der Waals surface area contributed by atoms with Gasteiger partial charge < -0.3 is 5.32 Å². The first-order valence-corrected chi connectivity index (χ1v) is 8.83. The maximum Gasteiger partial charge on any atom is 0.257 e. The molecule has 0 saturated heterocycles. The molecule has 3 rings (SSSR count). The summed E-state index contributed by atoms with van der Waals surface area (Å²) in [5, 5.41) is 7.48. The summed E-state index contributed by atoms with van der Waals surface area (Å²) >= 11 is 1.66. The van der Waals surface area contributed by atoms with Gasteiger partial charge >= 0.3 is 0 Å². The molecular weight excluding hydrogens is 318 g/mol. The van der Waals surface area contributed by atoms with E-state index in [1.165, 1.54) is 0 Å². The van der Waals surface area contributed by atoms with Crippen LogP contribution < -0.4 is 5.32 Å². The van der Waals surface area contributed by atoms with E-state index in [2.05, 4.69) is 17.3 Å². The Morgan fingerprint density at radius 2 is 1.83 bits per heavy atom. The summed E-state index contributed by atoms with van der Waals surface area (Å²) < 4.78 is 1.75. The molecule has 0 aliphatic rings. The van der Waals surface area contributed by atoms with E-state index < -0.39 is 0 Å². The van der Waals surface area contributed by atoms with E-state index in [-0.39, 0.29) is 5.91 Å². The Morgan fingerprint density at radius 3 is 2.58 bits per heavy atom. The van der Waals surface area contributed by atoms with Crippen LogP contribution in [0.5, 0.6) is 0 Å². The lowest BCUT2D eigenvalue weighted by molar-refractivity contribution is 0.102. The second-order valence-electron chi connectivity index (χ2n) is 5.30. The molecule has 5 heteroatoms. The van der Waals surface area contributed by atoms with E-state index >= 15 is 0 Å². The molecule has 1 N–H and O–H groups in total. The van der Waals surface area contributed by atoms with Crippen LogP contribution in [0, 0.1) is 6.92 Å². The summed E-state index contributed by atoms with van der Waals surface area (Å²) in [7, 11) is 0. The quantitative estimate of drug-likeness (QED) is 0.695. The molecule has 2 aromatic carbocycles. The number of hydrogen-bond donors (Lipinski definition) is 1. The summed E-state index contributed by atoms with van der Waals surface area (Å²) in [5.74, 6) is 1.47. The van der Waals surface area contributed by atoms with Gasteiger partial charge in [0, 0.05) is 11.0 Å². The van der Waals surface area contributed by atoms with Gasteiger partial charge in [-0.25, -0.2) is 4.68 Å². The minimum Gasteiger partial charge on any atom is -0.306 e. The number of aryl methyl sites for hydroxylation is 1. The molecule has 3 aromatic rings. The van der Waals surface area contributed by atoms with Crippen molar-refractivity contribution < 1.29 is 4.79 Å². The fourth-order valence-corrected chi connectivity index (χ4v) is 3.28. The topological polar surface area (TPSA) is 46.9 Å². The summed E-state index contributed by atoms with van der Waals surface area (Å²) in [5.41, 5.74) is 2.45. The van der Waals surface area contributed by atoms with Crippen LogP contribution >= 0.6 is 11.8 Å². The second-order valence-corrected chi connectivity index (χ2v) is 6.61. The molecule has 0 unspecified atom stereocenters. The predicted octanol–water partition coefficient (Wildman–Crippen LogP) is 4.55. The van der Waals surface area contributed by atoms with Crippen molar-refractivity contribution in [2.75, 3.05) is 11.1 Å². The molecule has 0 fully saturated rings. The van der Waals surface area contributed by atoms with Gasteiger partial charge in [-0.1, -0.05) is 37.3 Å². The van der Waals surface area contributed by atoms with Gasteiger partial charge in [-0.15, -0.1) is 11.8 Å². The average Bonchev–Trinajstić information content (AvgIpc) is 2.97. The number of hydrogen-bond acceptors (Lipinski definition) is 3. The maximum absolute atomic E-state index is 12.7. The minimum absolute atomic E-state index is 0.122. The molecule has 4 nitrogen and oxygen atoms in total. The van der Waals surface area contributed by atoms with Crippen LogP contribution in [0.25, 0.3) is 5.69 Å². The molecule has 0 spiro atoms. The molecule has 0 aliphatic carbocycles. The summed E-state index contributed by atoms with van der Waals surface area (Å²) in [6.45, 7) is 3.99. The SMILES string of the molecule is CCSc1ccccc1C(=O)Nc1cc(C)nn1-c1ccccc1. The molecule has 0 atom stereocenters. The number of thioether (sulfide) groups is 1. The van der Waals surface area contributed by atoms with Crippen molar-refractivity contribution in [3.05, 3.63) is 71.9 Å². The molecule has 24 heavy (non-hydrogen) atoms. The van der Waals surface area contributed by atoms with Crippen molar-refractivity contribution in [2.24, 2.45) is 0 Å². The Labute approximate surface area is 145 Å². The van der Waals surface area contributed by atoms with E-state index in [0.717, 1.165) is 22.0 Å². The molecule has 0 saturated carbocycles. The number of nitrogens with one attached hydrogen (secondary N) is 1. The number of carbonyl (C=O) groups excluding carboxylic acids is 1. The van der Waals surface area contributed by atoms with Gasteiger partial charge in [-0.05, 0) is 36.9 Å². The first-order chi connectivity index (χ1) is 11.7. The molecule has 1 heterocycles. The maximum atomic E-state index is 12.7. The zero-order chi connectivity index (χ0) is 16.9. The Balaban J connectivity index is 1.91. The zero-order valence-corrected chi connectivity index (χ0v) is 14.5. The Morgan fingerprint density at radius 1 is 1.12 bits per heavy atom. The van der Waals surface area contributed by atoms with Crippen LogP contribution in [0.15, 0.2) is 65.6 Å². The van der Waals surface area contributed by atoms with Crippen LogP contribution in [-0.2, 0) is 0 Å². The Kier molecular flexibility index (Phi) is 5.01. The van der Waals surface area contributed by atoms with E-state index in [0.29, 0.717) is 11.4 Å². The van der Waals surface area contributed by atoms with Crippen LogP contribution in [0.3, 0.4) is 0 Å². The number of anilines is 1. The lowest BCUT2D eigenvalue weighted by Gasteiger charge is -2.11. The lowest BCUT2D eigenvalue weighted by Crippen LogP contribution is -2.16. The van der Waals surface area contributed by atoms with E-state index in [9.17, 15) is 4.79 Å². The van der Waals surface area contributed by atoms with Gasteiger partial charge in [-0.3, -0.25) is 4.79 Å². The largest absolute Gasteiger partial charge is 0.306 e. The Hall–Kier alpha value is -2.53. The van der Waals surface area contributed by atoms with Gasteiger partial charge in [0.1, 0.15) is 5.82 Å². The molecule has 0 radical (unpaired) electrons. The molecule has 0 bridgehead atoms. The van der Waals surface area contributed by atoms with E-state index in [1.54, 1.807) is 16.4 Å². The normalized spacial score (nSPS) is 10.6. The monoisotopic (exact) mass is 337 g/mol. The molecule has 122 valence electrons. The molecule has 1 aromatic heterocycles. The van der Waals surface area contributed by atoms with Gasteiger partial charge in [0.2, 0.25) is 0 Å². The summed E-state index contributed by atoms with van der Waals surface area (Å²) in [6, 6.07) is 19.3. The second kappa shape index (κ2) is 7.36. The molecular formula is C19H19N3OS. The van der Waals surface area contributed by atoms with Crippen molar-refractivity contribution in [3.63, 3.8) is 0 Å². The highest BCUT2D eigenvalue weighted by atomic mass is 32.2. The molecule has 0 aliphatic heterocycles. The summed E-state index contributed by atoms with van der Waals surface area (Å²) in [4.78, 5) is 13.7. The first-order valence-electron chi connectivity index (χ1n) is 7.84. The van der Waals surface area contributed by atoms with Crippen LogP contribution in [-0.4, -0.2) is 21.4 Å². The van der Waals surface area contributed by atoms with E-state index in [4.69, 9.17) is 0 Å². The third-order valence-electron chi connectivity index (χ3n) is 3.51. The number of nitrogens with zero attached hydrogens (tertiary/aromatic N) is 2. The zero-order valence-electron chi connectivity index (χ0n) is 13.7. The van der Waals surface area contributed by atoms with Gasteiger partial charge in [0.05, 0.1) is 16.9 Å². The van der Waals surface area contributed by atoms with Crippen molar-refractivity contribution in [3.8, 4) is 5.69 Å². The highest BCUT2D eigenvalue weighted by Gasteiger charge is 2.15. The van der Waals surface area contributed by atoms with Gasteiger partial charge in [0.25, 0.3) is 5.91 Å². The number of benzene rings is 2. The number of amides is 1. The fraction of sp³-hybridized carbons (Fsp3) is 0.158. The van der Waals surface area contributed by atoms with Gasteiger partial charge in [0.15, 0.2) is 0 Å². The number of rotatable bonds is 5. The third kappa shape index (κ3) is 3.51. The van der Waals surface area contributed by atoms with Crippen molar-refractivity contribution in [1.29, 1.82) is 0 Å². The predicted molar refractivity (Wildman–Crippen MR) is 99.1 cm³/mol. The average molecular weight is 337 g/mol.